The number of aromatic nitrogens is 3. The summed E-state index contributed by atoms with van der Waals surface area (Å²) in [6, 6.07) is 9.57. The highest BCUT2D eigenvalue weighted by atomic mass is 35.5. The molecule has 0 atom stereocenters. The number of fused-ring (bicyclic) bond motifs is 1. The van der Waals surface area contributed by atoms with Crippen LogP contribution in [0.1, 0.15) is 25.5 Å². The lowest BCUT2D eigenvalue weighted by atomic mass is 10.1. The number of halogens is 1. The molecule has 0 spiro atoms. The van der Waals surface area contributed by atoms with Crippen LogP contribution >= 0.6 is 23.4 Å². The Morgan fingerprint density at radius 2 is 1.94 bits per heavy atom. The van der Waals surface area contributed by atoms with Crippen LogP contribution in [-0.4, -0.2) is 63.7 Å². The molecule has 4 heterocycles. The third kappa shape index (κ3) is 5.17. The molecule has 35 heavy (non-hydrogen) atoms. The summed E-state index contributed by atoms with van der Waals surface area (Å²) in [7, 11) is 0. The van der Waals surface area contributed by atoms with E-state index in [2.05, 4.69) is 37.0 Å². The first-order valence-electron chi connectivity index (χ1n) is 11.7. The van der Waals surface area contributed by atoms with Gasteiger partial charge in [-0.25, -0.2) is 15.0 Å². The number of amides is 2. The van der Waals surface area contributed by atoms with E-state index in [0.29, 0.717) is 32.3 Å². The number of benzene rings is 1. The van der Waals surface area contributed by atoms with Gasteiger partial charge in [-0.15, -0.1) is 0 Å². The van der Waals surface area contributed by atoms with E-state index in [-0.39, 0.29) is 5.24 Å². The molecular weight excluding hydrogens is 484 g/mol. The fourth-order valence-electron chi connectivity index (χ4n) is 4.31. The van der Waals surface area contributed by atoms with E-state index in [4.69, 9.17) is 11.6 Å². The number of thioether (sulfide) groups is 1. The van der Waals surface area contributed by atoms with Gasteiger partial charge in [-0.1, -0.05) is 31.0 Å². The fraction of sp³-hybridized carbons (Fsp3) is 0.320. The summed E-state index contributed by atoms with van der Waals surface area (Å²) in [5.41, 5.74) is 4.35. The highest BCUT2D eigenvalue weighted by Crippen LogP contribution is 2.33. The lowest BCUT2D eigenvalue weighted by Gasteiger charge is -2.36. The number of anilines is 1. The molecule has 2 aliphatic heterocycles. The highest BCUT2D eigenvalue weighted by molar-refractivity contribution is 8.18. The summed E-state index contributed by atoms with van der Waals surface area (Å²) < 4.78 is 0. The van der Waals surface area contributed by atoms with E-state index in [0.717, 1.165) is 55.7 Å². The van der Waals surface area contributed by atoms with Crippen molar-refractivity contribution in [2.24, 2.45) is 0 Å². The third-order valence-electron chi connectivity index (χ3n) is 6.19. The van der Waals surface area contributed by atoms with Gasteiger partial charge in [0.15, 0.2) is 0 Å². The van der Waals surface area contributed by atoms with Crippen LogP contribution in [0, 0.1) is 0 Å². The topological polar surface area (TPSA) is 91.3 Å². The summed E-state index contributed by atoms with van der Waals surface area (Å²) in [6.07, 6.45) is 5.55. The van der Waals surface area contributed by atoms with Crippen LogP contribution in [-0.2, 0) is 4.79 Å². The SMILES string of the molecule is CCCCN1CCN(c2ccc(-c3ncnc4ccc(C=C5SC(=O)NC5=O)nc34)cc2Cl)CC1. The minimum Gasteiger partial charge on any atom is -0.368 e. The maximum Gasteiger partial charge on any atom is 0.290 e. The standard InChI is InChI=1S/C25H25ClN6O2S/c1-2-3-8-31-9-11-32(12-10-31)20-7-4-16(13-18(20)26)22-23-19(27-15-28-22)6-5-17(29-23)14-21-24(33)30-25(34)35-21/h4-7,13-15H,2-3,8-12H2,1H3,(H,30,33,34). The van der Waals surface area contributed by atoms with Gasteiger partial charge in [-0.3, -0.25) is 19.8 Å². The maximum atomic E-state index is 11.9. The summed E-state index contributed by atoms with van der Waals surface area (Å²) in [5, 5.41) is 2.54. The van der Waals surface area contributed by atoms with Gasteiger partial charge in [-0.05, 0) is 55.1 Å². The quantitative estimate of drug-likeness (QED) is 0.483. The molecule has 1 aromatic carbocycles. The molecule has 0 saturated carbocycles. The normalized spacial score (nSPS) is 18.0. The average molecular weight is 509 g/mol. The minimum atomic E-state index is -0.417. The molecule has 2 fully saturated rings. The molecular formula is C25H25ClN6O2S. The van der Waals surface area contributed by atoms with Gasteiger partial charge in [0.1, 0.15) is 11.8 Å². The van der Waals surface area contributed by atoms with Crippen molar-refractivity contribution in [2.45, 2.75) is 19.8 Å². The molecule has 0 radical (unpaired) electrons. The summed E-state index contributed by atoms with van der Waals surface area (Å²) in [6.45, 7) is 7.36. The van der Waals surface area contributed by atoms with Crippen molar-refractivity contribution in [1.29, 1.82) is 0 Å². The molecule has 2 amide bonds. The molecule has 0 unspecified atom stereocenters. The number of carbonyl (C=O) groups is 2. The zero-order valence-corrected chi connectivity index (χ0v) is 20.9. The Hall–Kier alpha value is -3.01. The van der Waals surface area contributed by atoms with Crippen molar-refractivity contribution in [3.63, 3.8) is 0 Å². The van der Waals surface area contributed by atoms with Crippen LogP contribution in [0.2, 0.25) is 5.02 Å². The first-order valence-corrected chi connectivity index (χ1v) is 12.8. The Bertz CT molecular complexity index is 1320. The first kappa shape index (κ1) is 23.7. The maximum absolute atomic E-state index is 11.9. The lowest BCUT2D eigenvalue weighted by molar-refractivity contribution is -0.115. The van der Waals surface area contributed by atoms with Crippen LogP contribution in [0.5, 0.6) is 0 Å². The Morgan fingerprint density at radius 3 is 2.66 bits per heavy atom. The van der Waals surface area contributed by atoms with Crippen molar-refractivity contribution < 1.29 is 9.59 Å². The van der Waals surface area contributed by atoms with Gasteiger partial charge in [-0.2, -0.15) is 0 Å². The van der Waals surface area contributed by atoms with E-state index in [1.165, 1.54) is 19.2 Å². The molecule has 180 valence electrons. The van der Waals surface area contributed by atoms with Crippen LogP contribution < -0.4 is 10.2 Å². The molecule has 3 aromatic rings. The van der Waals surface area contributed by atoms with Crippen LogP contribution in [0.15, 0.2) is 41.6 Å². The monoisotopic (exact) mass is 508 g/mol. The number of pyridine rings is 1. The van der Waals surface area contributed by atoms with E-state index in [1.54, 1.807) is 12.1 Å². The molecule has 10 heteroatoms. The lowest BCUT2D eigenvalue weighted by Crippen LogP contribution is -2.46. The number of carbonyl (C=O) groups excluding carboxylic acids is 2. The number of piperazine rings is 1. The van der Waals surface area contributed by atoms with Crippen molar-refractivity contribution in [3.8, 4) is 11.3 Å². The van der Waals surface area contributed by atoms with Crippen molar-refractivity contribution in [1.82, 2.24) is 25.2 Å². The smallest absolute Gasteiger partial charge is 0.290 e. The first-order chi connectivity index (χ1) is 17.0. The number of imide groups is 1. The van der Waals surface area contributed by atoms with Crippen LogP contribution in [0.25, 0.3) is 28.4 Å². The second kappa shape index (κ2) is 10.3. The summed E-state index contributed by atoms with van der Waals surface area (Å²) in [5.74, 6) is -0.417. The van der Waals surface area contributed by atoms with Gasteiger partial charge in [0.2, 0.25) is 0 Å². The molecule has 5 rings (SSSR count). The number of hydrogen-bond donors (Lipinski definition) is 1. The predicted octanol–water partition coefficient (Wildman–Crippen LogP) is 4.59. The number of rotatable bonds is 6. The van der Waals surface area contributed by atoms with Gasteiger partial charge < -0.3 is 4.90 Å². The molecule has 8 nitrogen and oxygen atoms in total. The largest absolute Gasteiger partial charge is 0.368 e. The van der Waals surface area contributed by atoms with Crippen molar-refractivity contribution in [3.05, 3.63) is 52.3 Å². The van der Waals surface area contributed by atoms with Gasteiger partial charge in [0.25, 0.3) is 11.1 Å². The average Bonchev–Trinajstić information content (AvgIpc) is 3.18. The molecule has 0 bridgehead atoms. The third-order valence-corrected chi connectivity index (χ3v) is 7.30. The van der Waals surface area contributed by atoms with Crippen LogP contribution in [0.4, 0.5) is 10.5 Å². The Balaban J connectivity index is 1.41. The van der Waals surface area contributed by atoms with Crippen LogP contribution in [0.3, 0.4) is 0 Å². The van der Waals surface area contributed by atoms with E-state index < -0.39 is 5.91 Å². The number of nitrogens with one attached hydrogen (secondary N) is 1. The molecule has 0 aliphatic carbocycles. The Labute approximate surface area is 212 Å². The van der Waals surface area contributed by atoms with E-state index in [1.807, 2.05) is 24.3 Å². The second-order valence-corrected chi connectivity index (χ2v) is 9.95. The predicted molar refractivity (Wildman–Crippen MR) is 140 cm³/mol. The molecule has 2 aliphatic rings. The van der Waals surface area contributed by atoms with Gasteiger partial charge in [0.05, 0.1) is 32.5 Å². The van der Waals surface area contributed by atoms with E-state index >= 15 is 0 Å². The highest BCUT2D eigenvalue weighted by Gasteiger charge is 2.25. The van der Waals surface area contributed by atoms with Crippen molar-refractivity contribution in [2.75, 3.05) is 37.6 Å². The van der Waals surface area contributed by atoms with E-state index in [9.17, 15) is 9.59 Å². The Morgan fingerprint density at radius 1 is 1.11 bits per heavy atom. The number of unbranched alkanes of at least 4 members (excludes halogenated alkanes) is 1. The van der Waals surface area contributed by atoms with Gasteiger partial charge in [0, 0.05) is 31.7 Å². The zero-order valence-electron chi connectivity index (χ0n) is 19.3. The Kier molecular flexibility index (Phi) is 6.99. The second-order valence-electron chi connectivity index (χ2n) is 8.53. The molecule has 2 aromatic heterocycles. The minimum absolute atomic E-state index is 0.308. The number of hydrogen-bond acceptors (Lipinski definition) is 8. The van der Waals surface area contributed by atoms with Crippen molar-refractivity contribution >= 4 is 57.3 Å². The number of nitrogens with zero attached hydrogens (tertiary/aromatic N) is 5. The molecule has 1 N–H and O–H groups in total. The zero-order chi connectivity index (χ0) is 24.4. The fourth-order valence-corrected chi connectivity index (χ4v) is 5.27. The molecule has 2 saturated heterocycles. The van der Waals surface area contributed by atoms with Gasteiger partial charge >= 0.3 is 0 Å². The summed E-state index contributed by atoms with van der Waals surface area (Å²) >= 11 is 7.61. The summed E-state index contributed by atoms with van der Waals surface area (Å²) in [4.78, 5) is 42.0.